The molecule has 1 heterocycles. The number of nitriles is 1. The maximum atomic E-state index is 9.41. The van der Waals surface area contributed by atoms with E-state index >= 15 is 0 Å². The van der Waals surface area contributed by atoms with E-state index in [1.54, 1.807) is 0 Å². The topological polar surface area (TPSA) is 27.0 Å². The lowest BCUT2D eigenvalue weighted by Crippen LogP contribution is -2.40. The quantitative estimate of drug-likeness (QED) is 0.666. The van der Waals surface area contributed by atoms with E-state index < -0.39 is 0 Å². The van der Waals surface area contributed by atoms with Crippen LogP contribution >= 0.6 is 0 Å². The highest BCUT2D eigenvalue weighted by atomic mass is 15.2. The SMILES string of the molecule is N#CC(C1CC=CCC1)N1CCCCCC1. The average Bonchev–Trinajstić information content (AvgIpc) is 2.61. The molecular formula is C14H22N2. The summed E-state index contributed by atoms with van der Waals surface area (Å²) in [6.07, 6.45) is 13.2. The zero-order chi connectivity index (χ0) is 11.2. The second-order valence-corrected chi connectivity index (χ2v) is 5.07. The monoisotopic (exact) mass is 218 g/mol. The van der Waals surface area contributed by atoms with Gasteiger partial charge in [0.25, 0.3) is 0 Å². The Morgan fingerprint density at radius 2 is 1.88 bits per heavy atom. The van der Waals surface area contributed by atoms with E-state index in [0.717, 1.165) is 25.9 Å². The summed E-state index contributed by atoms with van der Waals surface area (Å²) in [4.78, 5) is 2.44. The molecule has 0 N–H and O–H groups in total. The summed E-state index contributed by atoms with van der Waals surface area (Å²) in [7, 11) is 0. The molecule has 1 saturated heterocycles. The van der Waals surface area contributed by atoms with Crippen LogP contribution in [0.2, 0.25) is 0 Å². The lowest BCUT2D eigenvalue weighted by molar-refractivity contribution is 0.179. The number of hydrogen-bond acceptors (Lipinski definition) is 2. The van der Waals surface area contributed by atoms with E-state index in [4.69, 9.17) is 0 Å². The Bertz CT molecular complexity index is 269. The van der Waals surface area contributed by atoms with Crippen molar-refractivity contribution in [3.8, 4) is 6.07 Å². The number of hydrogen-bond donors (Lipinski definition) is 0. The van der Waals surface area contributed by atoms with Gasteiger partial charge in [-0.15, -0.1) is 0 Å². The van der Waals surface area contributed by atoms with Crippen LogP contribution in [0.1, 0.15) is 44.9 Å². The van der Waals surface area contributed by atoms with Crippen molar-refractivity contribution in [2.45, 2.75) is 51.0 Å². The predicted molar refractivity (Wildman–Crippen MR) is 65.9 cm³/mol. The first-order chi connectivity index (χ1) is 7.92. The molecule has 88 valence electrons. The first-order valence-corrected chi connectivity index (χ1v) is 6.70. The van der Waals surface area contributed by atoms with Gasteiger partial charge < -0.3 is 0 Å². The molecule has 0 amide bonds. The highest BCUT2D eigenvalue weighted by Gasteiger charge is 2.27. The lowest BCUT2D eigenvalue weighted by Gasteiger charge is -2.32. The fourth-order valence-electron chi connectivity index (χ4n) is 2.96. The van der Waals surface area contributed by atoms with Crippen molar-refractivity contribution in [1.29, 1.82) is 5.26 Å². The Kier molecular flexibility index (Phi) is 4.42. The number of rotatable bonds is 2. The lowest BCUT2D eigenvalue weighted by atomic mass is 9.87. The van der Waals surface area contributed by atoms with Gasteiger partial charge in [-0.2, -0.15) is 5.26 Å². The summed E-state index contributed by atoms with van der Waals surface area (Å²) < 4.78 is 0. The van der Waals surface area contributed by atoms with E-state index in [1.165, 1.54) is 32.1 Å². The van der Waals surface area contributed by atoms with Crippen LogP contribution in [-0.4, -0.2) is 24.0 Å². The summed E-state index contributed by atoms with van der Waals surface area (Å²) in [6, 6.07) is 2.73. The Hall–Kier alpha value is -0.810. The second-order valence-electron chi connectivity index (χ2n) is 5.07. The largest absolute Gasteiger partial charge is 0.288 e. The van der Waals surface area contributed by atoms with Crippen molar-refractivity contribution in [3.05, 3.63) is 12.2 Å². The molecule has 2 unspecified atom stereocenters. The number of nitrogens with zero attached hydrogens (tertiary/aromatic N) is 2. The third-order valence-corrected chi connectivity index (χ3v) is 3.92. The first-order valence-electron chi connectivity index (χ1n) is 6.70. The molecular weight excluding hydrogens is 196 g/mol. The fraction of sp³-hybridized carbons (Fsp3) is 0.786. The summed E-state index contributed by atoms with van der Waals surface area (Å²) in [5.41, 5.74) is 0. The Balaban J connectivity index is 1.97. The van der Waals surface area contributed by atoms with Gasteiger partial charge in [-0.05, 0) is 51.1 Å². The maximum absolute atomic E-state index is 9.41. The van der Waals surface area contributed by atoms with Crippen LogP contribution in [-0.2, 0) is 0 Å². The zero-order valence-corrected chi connectivity index (χ0v) is 10.1. The van der Waals surface area contributed by atoms with Crippen molar-refractivity contribution >= 4 is 0 Å². The van der Waals surface area contributed by atoms with Crippen molar-refractivity contribution in [2.75, 3.05) is 13.1 Å². The molecule has 2 atom stereocenters. The highest BCUT2D eigenvalue weighted by molar-refractivity contribution is 5.02. The molecule has 2 nitrogen and oxygen atoms in total. The van der Waals surface area contributed by atoms with Crippen LogP contribution in [0.3, 0.4) is 0 Å². The molecule has 2 aliphatic rings. The average molecular weight is 218 g/mol. The van der Waals surface area contributed by atoms with Crippen molar-refractivity contribution < 1.29 is 0 Å². The minimum Gasteiger partial charge on any atom is -0.288 e. The molecule has 0 saturated carbocycles. The third kappa shape index (κ3) is 2.86. The van der Waals surface area contributed by atoms with Gasteiger partial charge in [0.15, 0.2) is 0 Å². The molecule has 1 fully saturated rings. The van der Waals surface area contributed by atoms with Crippen LogP contribution < -0.4 is 0 Å². The van der Waals surface area contributed by atoms with Crippen LogP contribution in [0.15, 0.2) is 12.2 Å². The zero-order valence-electron chi connectivity index (χ0n) is 10.1. The van der Waals surface area contributed by atoms with Gasteiger partial charge in [-0.3, -0.25) is 4.90 Å². The molecule has 1 aliphatic carbocycles. The van der Waals surface area contributed by atoms with Crippen molar-refractivity contribution in [3.63, 3.8) is 0 Å². The molecule has 0 aromatic heterocycles. The second kappa shape index (κ2) is 6.06. The maximum Gasteiger partial charge on any atom is 0.101 e. The van der Waals surface area contributed by atoms with Gasteiger partial charge in [0.1, 0.15) is 6.04 Å². The van der Waals surface area contributed by atoms with E-state index in [9.17, 15) is 5.26 Å². The molecule has 2 heteroatoms. The molecule has 0 aromatic carbocycles. The minimum atomic E-state index is 0.169. The first kappa shape index (κ1) is 11.7. The Morgan fingerprint density at radius 1 is 1.12 bits per heavy atom. The van der Waals surface area contributed by atoms with Crippen molar-refractivity contribution in [1.82, 2.24) is 4.90 Å². The van der Waals surface area contributed by atoms with E-state index in [-0.39, 0.29) is 6.04 Å². The van der Waals surface area contributed by atoms with Gasteiger partial charge in [-0.25, -0.2) is 0 Å². The normalized spacial score (nSPS) is 29.3. The molecule has 0 spiro atoms. The van der Waals surface area contributed by atoms with Crippen LogP contribution in [0.5, 0.6) is 0 Å². The van der Waals surface area contributed by atoms with E-state index in [2.05, 4.69) is 23.1 Å². The van der Waals surface area contributed by atoms with Crippen LogP contribution in [0, 0.1) is 17.2 Å². The Morgan fingerprint density at radius 3 is 2.44 bits per heavy atom. The third-order valence-electron chi connectivity index (χ3n) is 3.92. The van der Waals surface area contributed by atoms with E-state index in [1.807, 2.05) is 0 Å². The Labute approximate surface area is 98.9 Å². The summed E-state index contributed by atoms with van der Waals surface area (Å²) >= 11 is 0. The standard InChI is InChI=1S/C14H22N2/c15-12-14(13-8-4-3-5-9-13)16-10-6-1-2-7-11-16/h3-4,13-14H,1-2,5-11H2. The molecule has 1 aliphatic heterocycles. The number of allylic oxidation sites excluding steroid dienone is 2. The molecule has 16 heavy (non-hydrogen) atoms. The molecule has 0 radical (unpaired) electrons. The molecule has 2 rings (SSSR count). The van der Waals surface area contributed by atoms with Crippen molar-refractivity contribution in [2.24, 2.45) is 5.92 Å². The van der Waals surface area contributed by atoms with Crippen LogP contribution in [0.25, 0.3) is 0 Å². The minimum absolute atomic E-state index is 0.169. The van der Waals surface area contributed by atoms with Gasteiger partial charge in [0.2, 0.25) is 0 Å². The molecule has 0 bridgehead atoms. The van der Waals surface area contributed by atoms with Gasteiger partial charge >= 0.3 is 0 Å². The summed E-state index contributed by atoms with van der Waals surface area (Å²) in [6.45, 7) is 2.27. The summed E-state index contributed by atoms with van der Waals surface area (Å²) in [5, 5.41) is 9.41. The summed E-state index contributed by atoms with van der Waals surface area (Å²) in [5.74, 6) is 0.577. The molecule has 0 aromatic rings. The van der Waals surface area contributed by atoms with E-state index in [0.29, 0.717) is 5.92 Å². The highest BCUT2D eigenvalue weighted by Crippen LogP contribution is 2.26. The number of likely N-dealkylation sites (tertiary alicyclic amines) is 1. The van der Waals surface area contributed by atoms with Gasteiger partial charge in [0.05, 0.1) is 6.07 Å². The predicted octanol–water partition coefficient (Wildman–Crippen LogP) is 3.11. The van der Waals surface area contributed by atoms with Gasteiger partial charge in [0, 0.05) is 0 Å². The van der Waals surface area contributed by atoms with Gasteiger partial charge in [-0.1, -0.05) is 25.0 Å². The van der Waals surface area contributed by atoms with Crippen LogP contribution in [0.4, 0.5) is 0 Å². The fourth-order valence-corrected chi connectivity index (χ4v) is 2.96. The smallest absolute Gasteiger partial charge is 0.101 e.